The molecule has 1 aliphatic carbocycles. The Hall–Kier alpha value is -3.78. The number of aromatic hydroxyl groups is 1. The highest BCUT2D eigenvalue weighted by atomic mass is 16.6. The van der Waals surface area contributed by atoms with Crippen molar-refractivity contribution in [2.75, 3.05) is 27.4 Å². The molecule has 8 heteroatoms. The number of ketones is 1. The number of Topliss-reactive ketones (excluding diaryl/α,β-unsaturated/α-hetero) is 1. The Bertz CT molecular complexity index is 1280. The van der Waals surface area contributed by atoms with Gasteiger partial charge in [0.2, 0.25) is 0 Å². The second-order valence-electron chi connectivity index (χ2n) is 9.78. The number of phenolic OH excluding ortho intramolecular Hbond substituents is 1. The van der Waals surface area contributed by atoms with Crippen LogP contribution in [0.3, 0.4) is 0 Å². The molecule has 0 bridgehead atoms. The van der Waals surface area contributed by atoms with Crippen LogP contribution in [0.5, 0.6) is 17.2 Å². The summed E-state index contributed by atoms with van der Waals surface area (Å²) in [4.78, 5) is 27.1. The Morgan fingerprint density at radius 2 is 1.79 bits per heavy atom. The first-order valence-electron chi connectivity index (χ1n) is 12.8. The van der Waals surface area contributed by atoms with E-state index in [1.807, 2.05) is 45.0 Å². The minimum absolute atomic E-state index is 0.0252. The Morgan fingerprint density at radius 3 is 2.47 bits per heavy atom. The number of esters is 1. The van der Waals surface area contributed by atoms with Crippen molar-refractivity contribution in [3.63, 3.8) is 0 Å². The fourth-order valence-corrected chi connectivity index (χ4v) is 5.19. The van der Waals surface area contributed by atoms with Crippen LogP contribution in [0.1, 0.15) is 56.6 Å². The van der Waals surface area contributed by atoms with Gasteiger partial charge in [-0.05, 0) is 68.5 Å². The number of allylic oxidation sites excluding steroid dienone is 3. The number of benzene rings is 2. The maximum atomic E-state index is 13.8. The molecule has 2 aromatic carbocycles. The van der Waals surface area contributed by atoms with Crippen LogP contribution in [0.2, 0.25) is 0 Å². The van der Waals surface area contributed by atoms with Crippen LogP contribution in [0.4, 0.5) is 0 Å². The molecule has 8 nitrogen and oxygen atoms in total. The van der Waals surface area contributed by atoms with Crippen LogP contribution in [-0.2, 0) is 19.1 Å². The molecule has 0 spiro atoms. The van der Waals surface area contributed by atoms with E-state index in [-0.39, 0.29) is 43.2 Å². The number of ether oxygens (including phenoxy) is 4. The number of carbonyl (C=O) groups is 2. The third-order valence-electron chi connectivity index (χ3n) is 6.90. The van der Waals surface area contributed by atoms with Gasteiger partial charge in [0.15, 0.2) is 17.3 Å². The molecule has 2 N–H and O–H groups in total. The molecule has 1 heterocycles. The van der Waals surface area contributed by atoms with Gasteiger partial charge in [0, 0.05) is 29.3 Å². The summed E-state index contributed by atoms with van der Waals surface area (Å²) >= 11 is 0. The Kier molecular flexibility index (Phi) is 8.42. The molecule has 0 radical (unpaired) electrons. The first kappa shape index (κ1) is 27.3. The average molecular weight is 522 g/mol. The third-order valence-corrected chi connectivity index (χ3v) is 6.90. The lowest BCUT2D eigenvalue weighted by Gasteiger charge is -2.36. The molecule has 4 rings (SSSR count). The van der Waals surface area contributed by atoms with E-state index in [2.05, 4.69) is 5.32 Å². The van der Waals surface area contributed by atoms with Gasteiger partial charge in [-0.1, -0.05) is 18.2 Å². The first-order valence-corrected chi connectivity index (χ1v) is 12.8. The van der Waals surface area contributed by atoms with Crippen LogP contribution in [0.15, 0.2) is 65.0 Å². The van der Waals surface area contributed by atoms with Crippen molar-refractivity contribution >= 4 is 11.8 Å². The number of carbonyl (C=O) groups excluding carboxylic acids is 2. The maximum Gasteiger partial charge on any atom is 0.336 e. The van der Waals surface area contributed by atoms with Crippen molar-refractivity contribution in [2.45, 2.75) is 51.6 Å². The molecular weight excluding hydrogens is 486 g/mol. The summed E-state index contributed by atoms with van der Waals surface area (Å²) in [6, 6.07) is 12.4. The van der Waals surface area contributed by atoms with E-state index in [1.54, 1.807) is 32.4 Å². The molecule has 1 aliphatic heterocycles. The van der Waals surface area contributed by atoms with E-state index in [9.17, 15) is 14.7 Å². The van der Waals surface area contributed by atoms with Crippen molar-refractivity contribution < 1.29 is 33.6 Å². The van der Waals surface area contributed by atoms with Gasteiger partial charge in [0.25, 0.3) is 0 Å². The normalized spacial score (nSPS) is 19.3. The highest BCUT2D eigenvalue weighted by molar-refractivity contribution is 6.04. The standard InChI is InChI=1S/C30H35NO7/c1-17(2)37-11-12-38-30(34)27-18(3)31-23-14-21(19-9-10-25(35-4)26(16-19)36-5)15-24(33)29(23)28(27)20-7-6-8-22(32)13-20/h6-10,13,16-17,21,28,31-32H,11-12,14-15H2,1-5H3/t21-,28+/m1/s1. The van der Waals surface area contributed by atoms with E-state index in [1.165, 1.54) is 0 Å². The summed E-state index contributed by atoms with van der Waals surface area (Å²) in [6.45, 7) is 6.01. The second kappa shape index (κ2) is 11.7. The first-order chi connectivity index (χ1) is 18.2. The van der Waals surface area contributed by atoms with Crippen molar-refractivity contribution in [1.82, 2.24) is 5.32 Å². The quantitative estimate of drug-likeness (QED) is 0.360. The molecular formula is C30H35NO7. The molecule has 38 heavy (non-hydrogen) atoms. The molecule has 2 aromatic rings. The van der Waals surface area contributed by atoms with Crippen molar-refractivity contribution in [3.8, 4) is 17.2 Å². The Morgan fingerprint density at radius 1 is 1.03 bits per heavy atom. The minimum atomic E-state index is -0.657. The van der Waals surface area contributed by atoms with E-state index < -0.39 is 11.9 Å². The van der Waals surface area contributed by atoms with Gasteiger partial charge in [-0.15, -0.1) is 0 Å². The monoisotopic (exact) mass is 521 g/mol. The van der Waals surface area contributed by atoms with Crippen LogP contribution >= 0.6 is 0 Å². The summed E-state index contributed by atoms with van der Waals surface area (Å²) in [5, 5.41) is 13.6. The predicted molar refractivity (Wildman–Crippen MR) is 142 cm³/mol. The fourth-order valence-electron chi connectivity index (χ4n) is 5.19. The van der Waals surface area contributed by atoms with Gasteiger partial charge < -0.3 is 29.4 Å². The summed E-state index contributed by atoms with van der Waals surface area (Å²) in [5.41, 5.74) is 3.90. The van der Waals surface area contributed by atoms with Crippen LogP contribution < -0.4 is 14.8 Å². The van der Waals surface area contributed by atoms with E-state index in [0.29, 0.717) is 40.3 Å². The van der Waals surface area contributed by atoms with E-state index in [4.69, 9.17) is 18.9 Å². The summed E-state index contributed by atoms with van der Waals surface area (Å²) in [5.74, 6) is -0.0217. The van der Waals surface area contributed by atoms with Crippen LogP contribution in [-0.4, -0.2) is 50.4 Å². The smallest absolute Gasteiger partial charge is 0.336 e. The summed E-state index contributed by atoms with van der Waals surface area (Å²) < 4.78 is 21.9. The van der Waals surface area contributed by atoms with Gasteiger partial charge in [-0.25, -0.2) is 4.79 Å². The van der Waals surface area contributed by atoms with Gasteiger partial charge in [0.1, 0.15) is 12.4 Å². The molecule has 2 atom stereocenters. The largest absolute Gasteiger partial charge is 0.508 e. The molecule has 2 aliphatic rings. The average Bonchev–Trinajstić information content (AvgIpc) is 2.89. The van der Waals surface area contributed by atoms with Crippen molar-refractivity contribution in [1.29, 1.82) is 0 Å². The molecule has 0 amide bonds. The van der Waals surface area contributed by atoms with E-state index >= 15 is 0 Å². The number of phenols is 1. The highest BCUT2D eigenvalue weighted by Gasteiger charge is 2.41. The Balaban J connectivity index is 1.69. The third kappa shape index (κ3) is 5.70. The van der Waals surface area contributed by atoms with Gasteiger partial charge in [-0.2, -0.15) is 0 Å². The van der Waals surface area contributed by atoms with Gasteiger partial charge in [0.05, 0.1) is 32.5 Å². The SMILES string of the molecule is COc1ccc([C@H]2CC(=O)C3=C(C2)NC(C)=C(C(=O)OCCOC(C)C)[C@@H]3c2cccc(O)c2)cc1OC. The molecule has 0 fully saturated rings. The van der Waals surface area contributed by atoms with Crippen molar-refractivity contribution in [3.05, 3.63) is 76.1 Å². The number of dihydropyridines is 1. The minimum Gasteiger partial charge on any atom is -0.508 e. The zero-order chi connectivity index (χ0) is 27.4. The number of methoxy groups -OCH3 is 2. The summed E-state index contributed by atoms with van der Waals surface area (Å²) in [6.07, 6.45) is 0.875. The maximum absolute atomic E-state index is 13.8. The van der Waals surface area contributed by atoms with Crippen molar-refractivity contribution in [2.24, 2.45) is 0 Å². The second-order valence-corrected chi connectivity index (χ2v) is 9.78. The highest BCUT2D eigenvalue weighted by Crippen LogP contribution is 2.46. The molecule has 0 unspecified atom stereocenters. The number of hydrogen-bond acceptors (Lipinski definition) is 8. The lowest BCUT2D eigenvalue weighted by molar-refractivity contribution is -0.141. The van der Waals surface area contributed by atoms with Crippen LogP contribution in [0.25, 0.3) is 0 Å². The molecule has 0 saturated carbocycles. The zero-order valence-corrected chi connectivity index (χ0v) is 22.5. The van der Waals surface area contributed by atoms with Crippen LogP contribution in [0, 0.1) is 0 Å². The molecule has 0 aromatic heterocycles. The van der Waals surface area contributed by atoms with Gasteiger partial charge in [-0.3, -0.25) is 4.79 Å². The summed E-state index contributed by atoms with van der Waals surface area (Å²) in [7, 11) is 3.17. The lowest BCUT2D eigenvalue weighted by atomic mass is 9.71. The van der Waals surface area contributed by atoms with E-state index in [0.717, 1.165) is 11.3 Å². The number of rotatable bonds is 9. The fraction of sp³-hybridized carbons (Fsp3) is 0.400. The topological polar surface area (TPSA) is 103 Å². The number of nitrogens with one attached hydrogen (secondary N) is 1. The zero-order valence-electron chi connectivity index (χ0n) is 22.5. The molecule has 202 valence electrons. The number of hydrogen-bond donors (Lipinski definition) is 2. The molecule has 0 saturated heterocycles. The Labute approximate surface area is 223 Å². The van der Waals surface area contributed by atoms with Gasteiger partial charge >= 0.3 is 5.97 Å². The lowest BCUT2D eigenvalue weighted by Crippen LogP contribution is -2.36. The predicted octanol–water partition coefficient (Wildman–Crippen LogP) is 4.74.